The number of unbranched alkanes of at least 4 members (excludes halogenated alkanes) is 3. The molecule has 0 aromatic heterocycles. The maximum absolute atomic E-state index is 14.6. The van der Waals surface area contributed by atoms with Crippen LogP contribution < -0.4 is 16.0 Å². The maximum atomic E-state index is 14.6. The minimum atomic E-state index is -4.32. The van der Waals surface area contributed by atoms with E-state index < -0.39 is 36.5 Å². The molecule has 18 nitrogen and oxygen atoms in total. The van der Waals surface area contributed by atoms with Crippen molar-refractivity contribution in [2.24, 2.45) is 46.3 Å². The Balaban J connectivity index is 0.941. The van der Waals surface area contributed by atoms with Gasteiger partial charge in [-0.2, -0.15) is 4.31 Å². The molecule has 408 valence electrons. The molecule has 0 radical (unpaired) electrons. The lowest BCUT2D eigenvalue weighted by atomic mass is 9.47. The zero-order chi connectivity index (χ0) is 53.8. The van der Waals surface area contributed by atoms with Crippen molar-refractivity contribution in [3.8, 4) is 0 Å². The SMILES string of the molecule is CC(C)CCCC(C)[C@H]1CCC2C3CC=C4C[C@@H](N(CCCNC(=O)CCNC(=O)CCNC(=O)CCCCCCc5ccc([N+](=O)[O-])cc5[N+](=O)[O-])S(=O)(=O)c5ccccc5[N+](=O)[O-])CC[C@]4(C)C3CC[C@@]21C. The van der Waals surface area contributed by atoms with E-state index in [1.54, 1.807) is 0 Å². The molecule has 6 rings (SSSR count). The number of fused-ring (bicyclic) bond motifs is 5. The number of allylic oxidation sites excluding steroid dienone is 1. The second-order valence-electron chi connectivity index (χ2n) is 22.7. The van der Waals surface area contributed by atoms with Crippen LogP contribution in [0.25, 0.3) is 0 Å². The molecule has 0 saturated heterocycles. The zero-order valence-corrected chi connectivity index (χ0v) is 45.1. The summed E-state index contributed by atoms with van der Waals surface area (Å²) in [5, 5.41) is 42.7. The van der Waals surface area contributed by atoms with Crippen LogP contribution in [0.1, 0.15) is 162 Å². The van der Waals surface area contributed by atoms with Crippen molar-refractivity contribution in [3.05, 3.63) is 90.0 Å². The van der Waals surface area contributed by atoms with Crippen molar-refractivity contribution in [3.63, 3.8) is 0 Å². The van der Waals surface area contributed by atoms with Crippen LogP contribution in [0.15, 0.2) is 59.0 Å². The van der Waals surface area contributed by atoms with Crippen LogP contribution >= 0.6 is 0 Å². The largest absolute Gasteiger partial charge is 0.356 e. The molecule has 4 unspecified atom stereocenters. The maximum Gasteiger partial charge on any atom is 0.289 e. The molecule has 8 atom stereocenters. The van der Waals surface area contributed by atoms with Crippen LogP contribution in [0.3, 0.4) is 0 Å². The minimum absolute atomic E-state index is 0.0105. The summed E-state index contributed by atoms with van der Waals surface area (Å²) in [6, 6.07) is 8.72. The van der Waals surface area contributed by atoms with Gasteiger partial charge in [0.15, 0.2) is 4.90 Å². The Morgan fingerprint density at radius 1 is 0.716 bits per heavy atom. The highest BCUT2D eigenvalue weighted by Gasteiger charge is 2.59. The number of carbonyl (C=O) groups is 3. The van der Waals surface area contributed by atoms with E-state index >= 15 is 0 Å². The van der Waals surface area contributed by atoms with Gasteiger partial charge >= 0.3 is 0 Å². The quantitative estimate of drug-likeness (QED) is 0.0313. The Labute approximate surface area is 437 Å². The molecule has 0 heterocycles. The number of hydrogen-bond acceptors (Lipinski definition) is 11. The van der Waals surface area contributed by atoms with E-state index in [0.29, 0.717) is 73.7 Å². The summed E-state index contributed by atoms with van der Waals surface area (Å²) >= 11 is 0. The number of rotatable bonds is 28. The van der Waals surface area contributed by atoms with Crippen LogP contribution in [0, 0.1) is 76.7 Å². The first kappa shape index (κ1) is 58.0. The highest BCUT2D eigenvalue weighted by molar-refractivity contribution is 7.89. The van der Waals surface area contributed by atoms with E-state index in [9.17, 15) is 53.1 Å². The number of benzene rings is 2. The summed E-state index contributed by atoms with van der Waals surface area (Å²) in [5.41, 5.74) is 0.971. The van der Waals surface area contributed by atoms with Gasteiger partial charge in [0.05, 0.1) is 20.8 Å². The van der Waals surface area contributed by atoms with E-state index in [4.69, 9.17) is 0 Å². The smallest absolute Gasteiger partial charge is 0.289 e. The van der Waals surface area contributed by atoms with Crippen LogP contribution in [-0.4, -0.2) is 77.4 Å². The van der Waals surface area contributed by atoms with Gasteiger partial charge in [0.1, 0.15) is 0 Å². The van der Waals surface area contributed by atoms with E-state index in [1.165, 1.54) is 91.2 Å². The van der Waals surface area contributed by atoms with Crippen LogP contribution in [0.2, 0.25) is 0 Å². The summed E-state index contributed by atoms with van der Waals surface area (Å²) in [4.78, 5) is 69.9. The van der Waals surface area contributed by atoms with E-state index in [2.05, 4.69) is 56.6 Å². The topological polar surface area (TPSA) is 254 Å². The predicted molar refractivity (Wildman–Crippen MR) is 283 cm³/mol. The Morgan fingerprint density at radius 3 is 2.05 bits per heavy atom. The van der Waals surface area contributed by atoms with Crippen LogP contribution in [-0.2, 0) is 30.8 Å². The molecule has 0 aliphatic heterocycles. The molecule has 74 heavy (non-hydrogen) atoms. The lowest BCUT2D eigenvalue weighted by Crippen LogP contribution is -2.53. The fourth-order valence-corrected chi connectivity index (χ4v) is 15.6. The number of aryl methyl sites for hydroxylation is 1. The number of nitro groups is 3. The number of hydrogen-bond donors (Lipinski definition) is 3. The third kappa shape index (κ3) is 14.1. The number of nitro benzene ring substituents is 3. The molecule has 19 heteroatoms. The Kier molecular flexibility index (Phi) is 20.3. The van der Waals surface area contributed by atoms with Crippen LogP contribution in [0.5, 0.6) is 0 Å². The summed E-state index contributed by atoms with van der Waals surface area (Å²) in [7, 11) is -4.32. The zero-order valence-electron chi connectivity index (χ0n) is 44.3. The third-order valence-corrected chi connectivity index (χ3v) is 19.6. The molecule has 4 aliphatic carbocycles. The van der Waals surface area contributed by atoms with E-state index in [0.717, 1.165) is 36.7 Å². The predicted octanol–water partition coefficient (Wildman–Crippen LogP) is 10.5. The lowest BCUT2D eigenvalue weighted by Gasteiger charge is -2.59. The molecule has 2 aromatic carbocycles. The van der Waals surface area contributed by atoms with Gasteiger partial charge in [0.2, 0.25) is 27.7 Å². The monoisotopic (exact) mass is 1050 g/mol. The summed E-state index contributed by atoms with van der Waals surface area (Å²) in [6.07, 6.45) is 17.9. The fourth-order valence-electron chi connectivity index (χ4n) is 13.7. The highest BCUT2D eigenvalue weighted by atomic mass is 32.2. The van der Waals surface area contributed by atoms with Crippen molar-refractivity contribution in [2.75, 3.05) is 26.2 Å². The average Bonchev–Trinajstić information content (AvgIpc) is 3.72. The molecule has 3 fully saturated rings. The van der Waals surface area contributed by atoms with Crippen molar-refractivity contribution in [1.82, 2.24) is 20.3 Å². The minimum Gasteiger partial charge on any atom is -0.356 e. The fraction of sp³-hybridized carbons (Fsp3) is 0.691. The number of non-ortho nitro benzene ring substituents is 1. The summed E-state index contributed by atoms with van der Waals surface area (Å²) < 4.78 is 30.7. The molecule has 0 spiro atoms. The number of nitrogens with zero attached hydrogens (tertiary/aromatic N) is 4. The Hall–Kier alpha value is -5.30. The molecule has 3 amide bonds. The van der Waals surface area contributed by atoms with E-state index in [1.807, 2.05) is 0 Å². The van der Waals surface area contributed by atoms with E-state index in [-0.39, 0.29) is 91.3 Å². The van der Waals surface area contributed by atoms with Crippen LogP contribution in [0.4, 0.5) is 17.1 Å². The number of amides is 3. The van der Waals surface area contributed by atoms with Gasteiger partial charge < -0.3 is 16.0 Å². The first-order valence-electron chi connectivity index (χ1n) is 27.3. The second kappa shape index (κ2) is 26.0. The van der Waals surface area contributed by atoms with Crippen molar-refractivity contribution >= 4 is 44.8 Å². The van der Waals surface area contributed by atoms with Crippen molar-refractivity contribution in [2.45, 2.75) is 174 Å². The second-order valence-corrected chi connectivity index (χ2v) is 24.5. The third-order valence-electron chi connectivity index (χ3n) is 17.6. The first-order chi connectivity index (χ1) is 35.2. The molecule has 3 N–H and O–H groups in total. The summed E-state index contributed by atoms with van der Waals surface area (Å²) in [5.74, 6) is 3.18. The number of carbonyl (C=O) groups excluding carboxylic acids is 3. The number of nitrogens with one attached hydrogen (secondary N) is 3. The molecular formula is C55H81N7O11S. The van der Waals surface area contributed by atoms with Gasteiger partial charge in [-0.3, -0.25) is 44.7 Å². The first-order valence-corrected chi connectivity index (χ1v) is 28.8. The molecule has 0 bridgehead atoms. The lowest BCUT2D eigenvalue weighted by molar-refractivity contribution is -0.394. The van der Waals surface area contributed by atoms with Gasteiger partial charge in [-0.25, -0.2) is 8.42 Å². The average molecular weight is 1050 g/mol. The van der Waals surface area contributed by atoms with Gasteiger partial charge in [-0.05, 0) is 136 Å². The standard InChI is InChI=1S/C55H81N7O11S/c1-38(2)14-12-15-39(3)45-24-25-46-44-23-21-41-36-42(26-30-54(41,4)47(44)27-31-55(45,46)5)59(74(72,73)50-18-11-10-17-48(50)61(68)69)35-13-32-56-52(64)28-34-58-53(65)29-33-57-51(63)19-9-7-6-8-16-40-20-22-43(60(66)67)37-49(40)62(70)71/h10-11,17-18,20-22,37-39,42,44-47H,6-9,12-16,19,23-36H2,1-5H3,(H,56,64)(H,57,63)(H,58,65)/t39?,42-,44?,45+,46?,47?,54-,55+/m0/s1. The van der Waals surface area contributed by atoms with Crippen molar-refractivity contribution < 1.29 is 37.6 Å². The number of para-hydroxylation sites is 1. The molecule has 4 aliphatic rings. The van der Waals surface area contributed by atoms with Crippen molar-refractivity contribution in [1.29, 1.82) is 0 Å². The molecule has 3 saturated carbocycles. The molecular weight excluding hydrogens is 967 g/mol. The Bertz CT molecular complexity index is 2480. The Morgan fingerprint density at radius 2 is 1.38 bits per heavy atom. The van der Waals surface area contributed by atoms with Gasteiger partial charge in [-0.15, -0.1) is 0 Å². The summed E-state index contributed by atoms with van der Waals surface area (Å²) in [6.45, 7) is 12.5. The van der Waals surface area contributed by atoms with Gasteiger partial charge in [0.25, 0.3) is 17.1 Å². The molecule has 2 aromatic rings. The van der Waals surface area contributed by atoms with Gasteiger partial charge in [-0.1, -0.05) is 90.5 Å². The van der Waals surface area contributed by atoms with Gasteiger partial charge in [0, 0.05) is 69.2 Å². The highest BCUT2D eigenvalue weighted by Crippen LogP contribution is 2.67. The normalized spacial score (nSPS) is 24.7. The number of sulfonamides is 1.